The Morgan fingerprint density at radius 1 is 1.32 bits per heavy atom. The molecule has 1 aromatic rings. The van der Waals surface area contributed by atoms with Crippen molar-refractivity contribution in [2.75, 3.05) is 20.2 Å². The molecule has 0 amide bonds. The zero-order valence-corrected chi connectivity index (χ0v) is 15.2. The van der Waals surface area contributed by atoms with E-state index in [-0.39, 0.29) is 36.3 Å². The lowest BCUT2D eigenvalue weighted by Gasteiger charge is -2.19. The summed E-state index contributed by atoms with van der Waals surface area (Å²) in [7, 11) is 1.46. The SMILES string of the molecule is CCN(CC)C(N)=NCc1ccc(OC)cc1OC(F)F.I. The second-order valence-electron chi connectivity index (χ2n) is 4.20. The van der Waals surface area contributed by atoms with Crippen molar-refractivity contribution in [1.29, 1.82) is 0 Å². The molecule has 0 spiro atoms. The standard InChI is InChI=1S/C14H21F2N3O2.HI/c1-4-19(5-2)14(17)18-9-10-6-7-11(20-3)8-12(10)21-13(15)16;/h6-8,13H,4-5,9H2,1-3H3,(H2,17,18);1H. The highest BCUT2D eigenvalue weighted by atomic mass is 127. The third-order valence-electron chi connectivity index (χ3n) is 2.99. The molecule has 8 heteroatoms. The van der Waals surface area contributed by atoms with Crippen LogP contribution in [0.5, 0.6) is 11.5 Å². The lowest BCUT2D eigenvalue weighted by Crippen LogP contribution is -2.37. The summed E-state index contributed by atoms with van der Waals surface area (Å²) in [4.78, 5) is 6.09. The van der Waals surface area contributed by atoms with Gasteiger partial charge in [-0.2, -0.15) is 8.78 Å². The first-order chi connectivity index (χ1) is 10.0. The third-order valence-corrected chi connectivity index (χ3v) is 2.99. The predicted octanol–water partition coefficient (Wildman–Crippen LogP) is 3.07. The highest BCUT2D eigenvalue weighted by molar-refractivity contribution is 14.0. The van der Waals surface area contributed by atoms with Gasteiger partial charge in [-0.05, 0) is 26.0 Å². The van der Waals surface area contributed by atoms with Crippen LogP contribution >= 0.6 is 24.0 Å². The number of guanidine groups is 1. The second kappa shape index (κ2) is 10.4. The summed E-state index contributed by atoms with van der Waals surface area (Å²) in [6, 6.07) is 4.71. The van der Waals surface area contributed by atoms with Crippen LogP contribution in [0.3, 0.4) is 0 Å². The molecule has 0 saturated carbocycles. The Morgan fingerprint density at radius 2 is 1.95 bits per heavy atom. The molecule has 126 valence electrons. The molecule has 0 aliphatic carbocycles. The van der Waals surface area contributed by atoms with E-state index < -0.39 is 6.61 Å². The van der Waals surface area contributed by atoms with E-state index in [2.05, 4.69) is 9.73 Å². The summed E-state index contributed by atoms with van der Waals surface area (Å²) in [6.45, 7) is 2.65. The van der Waals surface area contributed by atoms with Gasteiger partial charge in [-0.3, -0.25) is 0 Å². The van der Waals surface area contributed by atoms with Gasteiger partial charge in [0.15, 0.2) is 5.96 Å². The number of benzene rings is 1. The number of hydrogen-bond donors (Lipinski definition) is 1. The zero-order chi connectivity index (χ0) is 15.8. The fourth-order valence-electron chi connectivity index (χ4n) is 1.81. The van der Waals surface area contributed by atoms with Gasteiger partial charge in [0, 0.05) is 24.7 Å². The topological polar surface area (TPSA) is 60.1 Å². The van der Waals surface area contributed by atoms with Gasteiger partial charge in [0.2, 0.25) is 0 Å². The third kappa shape index (κ3) is 6.20. The van der Waals surface area contributed by atoms with Gasteiger partial charge in [-0.1, -0.05) is 0 Å². The zero-order valence-electron chi connectivity index (χ0n) is 12.9. The average molecular weight is 429 g/mol. The average Bonchev–Trinajstić information content (AvgIpc) is 2.46. The molecule has 0 unspecified atom stereocenters. The van der Waals surface area contributed by atoms with E-state index in [0.29, 0.717) is 17.3 Å². The maximum Gasteiger partial charge on any atom is 0.387 e. The van der Waals surface area contributed by atoms with Crippen LogP contribution in [0.1, 0.15) is 19.4 Å². The number of nitrogens with zero attached hydrogens (tertiary/aromatic N) is 2. The summed E-state index contributed by atoms with van der Waals surface area (Å²) in [5.74, 6) is 0.856. The number of alkyl halides is 2. The van der Waals surface area contributed by atoms with E-state index in [1.165, 1.54) is 13.2 Å². The largest absolute Gasteiger partial charge is 0.497 e. The van der Waals surface area contributed by atoms with Crippen LogP contribution in [0.2, 0.25) is 0 Å². The lowest BCUT2D eigenvalue weighted by atomic mass is 10.2. The van der Waals surface area contributed by atoms with E-state index in [1.54, 1.807) is 12.1 Å². The van der Waals surface area contributed by atoms with Gasteiger partial charge >= 0.3 is 6.61 Å². The highest BCUT2D eigenvalue weighted by Gasteiger charge is 2.11. The smallest absolute Gasteiger partial charge is 0.387 e. The van der Waals surface area contributed by atoms with Gasteiger partial charge in [0.25, 0.3) is 0 Å². The molecule has 0 radical (unpaired) electrons. The highest BCUT2D eigenvalue weighted by Crippen LogP contribution is 2.27. The maximum atomic E-state index is 12.4. The van der Waals surface area contributed by atoms with Crippen LogP contribution < -0.4 is 15.2 Å². The van der Waals surface area contributed by atoms with E-state index in [1.807, 2.05) is 18.7 Å². The van der Waals surface area contributed by atoms with Crippen molar-refractivity contribution in [3.05, 3.63) is 23.8 Å². The first-order valence-corrected chi connectivity index (χ1v) is 6.68. The molecule has 0 fully saturated rings. The van der Waals surface area contributed by atoms with Crippen molar-refractivity contribution in [2.24, 2.45) is 10.7 Å². The number of hydrogen-bond acceptors (Lipinski definition) is 3. The van der Waals surface area contributed by atoms with Crippen molar-refractivity contribution >= 4 is 29.9 Å². The van der Waals surface area contributed by atoms with E-state index in [0.717, 1.165) is 13.1 Å². The summed E-state index contributed by atoms with van der Waals surface area (Å²) in [5.41, 5.74) is 6.38. The van der Waals surface area contributed by atoms with Crippen LogP contribution in [-0.4, -0.2) is 37.7 Å². The molecular weight excluding hydrogens is 407 g/mol. The van der Waals surface area contributed by atoms with Crippen LogP contribution in [0.25, 0.3) is 0 Å². The number of rotatable bonds is 7. The van der Waals surface area contributed by atoms with E-state index in [4.69, 9.17) is 10.5 Å². The Labute approximate surface area is 146 Å². The van der Waals surface area contributed by atoms with Gasteiger partial charge in [0.1, 0.15) is 11.5 Å². The van der Waals surface area contributed by atoms with E-state index >= 15 is 0 Å². The van der Waals surface area contributed by atoms with Gasteiger partial charge < -0.3 is 20.1 Å². The summed E-state index contributed by atoms with van der Waals surface area (Å²) in [6.07, 6.45) is 0. The Hall–Kier alpha value is -1.32. The van der Waals surface area contributed by atoms with Crippen LogP contribution in [0.4, 0.5) is 8.78 Å². The molecule has 5 nitrogen and oxygen atoms in total. The fourth-order valence-corrected chi connectivity index (χ4v) is 1.81. The molecule has 1 rings (SSSR count). The number of methoxy groups -OCH3 is 1. The summed E-state index contributed by atoms with van der Waals surface area (Å²) in [5, 5.41) is 0. The molecule has 1 aromatic carbocycles. The Kier molecular flexibility index (Phi) is 9.79. The van der Waals surface area contributed by atoms with Crippen LogP contribution in [-0.2, 0) is 6.54 Å². The number of nitrogens with two attached hydrogens (primary N) is 1. The molecule has 0 saturated heterocycles. The number of halogens is 3. The first kappa shape index (κ1) is 20.7. The molecule has 0 aliphatic rings. The molecule has 0 heterocycles. The van der Waals surface area contributed by atoms with Gasteiger partial charge in [0.05, 0.1) is 13.7 Å². The van der Waals surface area contributed by atoms with Gasteiger partial charge in [-0.15, -0.1) is 24.0 Å². The predicted molar refractivity (Wildman–Crippen MR) is 93.3 cm³/mol. The first-order valence-electron chi connectivity index (χ1n) is 6.68. The normalized spacial score (nSPS) is 11.1. The molecule has 0 atom stereocenters. The second-order valence-corrected chi connectivity index (χ2v) is 4.20. The number of ether oxygens (including phenoxy) is 2. The molecule has 0 bridgehead atoms. The minimum absolute atomic E-state index is 0. The van der Waals surface area contributed by atoms with Crippen molar-refractivity contribution in [1.82, 2.24) is 4.90 Å². The van der Waals surface area contributed by atoms with Gasteiger partial charge in [-0.25, -0.2) is 4.99 Å². The molecule has 0 aromatic heterocycles. The van der Waals surface area contributed by atoms with Crippen molar-refractivity contribution in [3.8, 4) is 11.5 Å². The Balaban J connectivity index is 0.00000441. The molecule has 2 N–H and O–H groups in total. The minimum Gasteiger partial charge on any atom is -0.497 e. The molecular formula is C14H22F2IN3O2. The lowest BCUT2D eigenvalue weighted by molar-refractivity contribution is -0.0505. The summed E-state index contributed by atoms with van der Waals surface area (Å²) >= 11 is 0. The fraction of sp³-hybridized carbons (Fsp3) is 0.500. The monoisotopic (exact) mass is 429 g/mol. The quantitative estimate of drug-likeness (QED) is 0.411. The molecule has 22 heavy (non-hydrogen) atoms. The van der Waals surface area contributed by atoms with Crippen molar-refractivity contribution in [3.63, 3.8) is 0 Å². The Morgan fingerprint density at radius 3 is 2.45 bits per heavy atom. The van der Waals surface area contributed by atoms with Crippen LogP contribution in [0, 0.1) is 0 Å². The molecule has 0 aliphatic heterocycles. The minimum atomic E-state index is -2.90. The summed E-state index contributed by atoms with van der Waals surface area (Å²) < 4.78 is 34.4. The van der Waals surface area contributed by atoms with E-state index in [9.17, 15) is 8.78 Å². The van der Waals surface area contributed by atoms with Crippen LogP contribution in [0.15, 0.2) is 23.2 Å². The number of aliphatic imine (C=N–C) groups is 1. The van der Waals surface area contributed by atoms with Crippen molar-refractivity contribution < 1.29 is 18.3 Å². The Bertz CT molecular complexity index is 483. The van der Waals surface area contributed by atoms with Crippen molar-refractivity contribution in [2.45, 2.75) is 27.0 Å². The maximum absolute atomic E-state index is 12.4.